The van der Waals surface area contributed by atoms with Crippen molar-refractivity contribution in [2.24, 2.45) is 0 Å². The highest BCUT2D eigenvalue weighted by molar-refractivity contribution is 5.94. The van der Waals surface area contributed by atoms with Crippen molar-refractivity contribution in [3.8, 4) is 0 Å². The number of rotatable bonds is 5. The SMILES string of the molecule is O=C(NC1(CN2CCOCC2)CCCC1)c1ccc([C@@H]2CCCNC2)cc1. The second-order valence-electron chi connectivity index (χ2n) is 8.50. The maximum absolute atomic E-state index is 13.0. The van der Waals surface area contributed by atoms with E-state index in [-0.39, 0.29) is 11.4 Å². The Hall–Kier alpha value is -1.43. The number of hydrogen-bond acceptors (Lipinski definition) is 4. The molecular formula is C22H33N3O2. The summed E-state index contributed by atoms with van der Waals surface area (Å²) in [5.74, 6) is 0.664. The fourth-order valence-corrected chi connectivity index (χ4v) is 4.92. The third-order valence-corrected chi connectivity index (χ3v) is 6.51. The molecule has 1 saturated carbocycles. The number of benzene rings is 1. The Bertz CT molecular complexity index is 613. The van der Waals surface area contributed by atoms with Gasteiger partial charge < -0.3 is 15.4 Å². The zero-order chi connectivity index (χ0) is 18.5. The molecule has 1 amide bonds. The number of carbonyl (C=O) groups is 1. The van der Waals surface area contributed by atoms with Crippen LogP contribution in [0.2, 0.25) is 0 Å². The topological polar surface area (TPSA) is 53.6 Å². The van der Waals surface area contributed by atoms with Crippen molar-refractivity contribution in [2.75, 3.05) is 45.9 Å². The highest BCUT2D eigenvalue weighted by atomic mass is 16.5. The summed E-state index contributed by atoms with van der Waals surface area (Å²) in [6.07, 6.45) is 7.05. The summed E-state index contributed by atoms with van der Waals surface area (Å²) in [5, 5.41) is 6.89. The summed E-state index contributed by atoms with van der Waals surface area (Å²) in [4.78, 5) is 15.4. The van der Waals surface area contributed by atoms with Gasteiger partial charge in [0.05, 0.1) is 18.8 Å². The van der Waals surface area contributed by atoms with E-state index >= 15 is 0 Å². The van der Waals surface area contributed by atoms with E-state index < -0.39 is 0 Å². The summed E-state index contributed by atoms with van der Waals surface area (Å²) in [7, 11) is 0. The number of hydrogen-bond donors (Lipinski definition) is 2. The van der Waals surface area contributed by atoms with Gasteiger partial charge in [-0.25, -0.2) is 0 Å². The molecule has 2 N–H and O–H groups in total. The summed E-state index contributed by atoms with van der Waals surface area (Å²) >= 11 is 0. The fourth-order valence-electron chi connectivity index (χ4n) is 4.92. The fraction of sp³-hybridized carbons (Fsp3) is 0.682. The normalized spacial score (nSPS) is 26.0. The van der Waals surface area contributed by atoms with E-state index in [1.54, 1.807) is 0 Å². The molecule has 2 heterocycles. The number of nitrogens with zero attached hydrogens (tertiary/aromatic N) is 1. The minimum atomic E-state index is -0.0691. The van der Waals surface area contributed by atoms with Crippen LogP contribution < -0.4 is 10.6 Å². The van der Waals surface area contributed by atoms with Crippen LogP contribution in [0.25, 0.3) is 0 Å². The quantitative estimate of drug-likeness (QED) is 0.835. The van der Waals surface area contributed by atoms with Crippen LogP contribution in [0.5, 0.6) is 0 Å². The van der Waals surface area contributed by atoms with Gasteiger partial charge in [-0.15, -0.1) is 0 Å². The van der Waals surface area contributed by atoms with Gasteiger partial charge in [0, 0.05) is 31.7 Å². The Morgan fingerprint density at radius 2 is 1.89 bits per heavy atom. The molecule has 2 aliphatic heterocycles. The van der Waals surface area contributed by atoms with Crippen LogP contribution in [0.1, 0.15) is 60.4 Å². The lowest BCUT2D eigenvalue weighted by Gasteiger charge is -2.37. The summed E-state index contributed by atoms with van der Waals surface area (Å²) in [5.41, 5.74) is 2.07. The van der Waals surface area contributed by atoms with Gasteiger partial charge in [0.1, 0.15) is 0 Å². The van der Waals surface area contributed by atoms with Crippen LogP contribution in [0.4, 0.5) is 0 Å². The molecule has 0 radical (unpaired) electrons. The molecule has 27 heavy (non-hydrogen) atoms. The van der Waals surface area contributed by atoms with Crippen LogP contribution in [0, 0.1) is 0 Å². The van der Waals surface area contributed by atoms with Gasteiger partial charge in [-0.2, -0.15) is 0 Å². The van der Waals surface area contributed by atoms with Gasteiger partial charge in [-0.1, -0.05) is 25.0 Å². The van der Waals surface area contributed by atoms with Gasteiger partial charge in [0.2, 0.25) is 0 Å². The van der Waals surface area contributed by atoms with Crippen molar-refractivity contribution >= 4 is 5.91 Å². The lowest BCUT2D eigenvalue weighted by molar-refractivity contribution is 0.0238. The van der Waals surface area contributed by atoms with E-state index in [1.807, 2.05) is 12.1 Å². The van der Waals surface area contributed by atoms with Crippen LogP contribution in [0.3, 0.4) is 0 Å². The van der Waals surface area contributed by atoms with Gasteiger partial charge >= 0.3 is 0 Å². The Balaban J connectivity index is 1.40. The molecule has 148 valence electrons. The predicted octanol–water partition coefficient (Wildman–Crippen LogP) is 2.53. The van der Waals surface area contributed by atoms with E-state index in [4.69, 9.17) is 4.74 Å². The number of morpholine rings is 1. The lowest BCUT2D eigenvalue weighted by atomic mass is 9.91. The maximum Gasteiger partial charge on any atom is 0.251 e. The second-order valence-corrected chi connectivity index (χ2v) is 8.50. The van der Waals surface area contributed by atoms with E-state index in [0.717, 1.165) is 64.3 Å². The number of carbonyl (C=O) groups excluding carboxylic acids is 1. The molecular weight excluding hydrogens is 338 g/mol. The monoisotopic (exact) mass is 371 g/mol. The molecule has 1 aromatic rings. The second kappa shape index (κ2) is 8.72. The third kappa shape index (κ3) is 4.71. The van der Waals surface area contributed by atoms with Crippen molar-refractivity contribution < 1.29 is 9.53 Å². The molecule has 4 rings (SSSR count). The van der Waals surface area contributed by atoms with E-state index in [9.17, 15) is 4.79 Å². The minimum Gasteiger partial charge on any atom is -0.379 e. The Kier molecular flexibility index (Phi) is 6.11. The highest BCUT2D eigenvalue weighted by Crippen LogP contribution is 2.31. The van der Waals surface area contributed by atoms with Crippen molar-refractivity contribution in [2.45, 2.75) is 50.0 Å². The number of piperidine rings is 1. The Labute approximate surface area is 162 Å². The molecule has 3 aliphatic rings. The molecule has 1 atom stereocenters. The zero-order valence-corrected chi connectivity index (χ0v) is 16.3. The Morgan fingerprint density at radius 3 is 2.56 bits per heavy atom. The summed E-state index contributed by atoms with van der Waals surface area (Å²) in [6, 6.07) is 8.32. The van der Waals surface area contributed by atoms with Crippen molar-refractivity contribution in [3.63, 3.8) is 0 Å². The maximum atomic E-state index is 13.0. The largest absolute Gasteiger partial charge is 0.379 e. The highest BCUT2D eigenvalue weighted by Gasteiger charge is 2.37. The molecule has 0 unspecified atom stereocenters. The minimum absolute atomic E-state index is 0.0691. The lowest BCUT2D eigenvalue weighted by Crippen LogP contribution is -2.55. The molecule has 0 aromatic heterocycles. The zero-order valence-electron chi connectivity index (χ0n) is 16.3. The first-order chi connectivity index (χ1) is 13.2. The molecule has 5 nitrogen and oxygen atoms in total. The molecule has 0 bridgehead atoms. The molecule has 5 heteroatoms. The first-order valence-electron chi connectivity index (χ1n) is 10.7. The van der Waals surface area contributed by atoms with Crippen LogP contribution in [-0.4, -0.2) is 62.3 Å². The smallest absolute Gasteiger partial charge is 0.251 e. The van der Waals surface area contributed by atoms with Gasteiger partial charge in [0.15, 0.2) is 0 Å². The van der Waals surface area contributed by atoms with E-state index in [1.165, 1.54) is 31.2 Å². The average Bonchev–Trinajstić information content (AvgIpc) is 3.17. The van der Waals surface area contributed by atoms with Crippen molar-refractivity contribution in [1.82, 2.24) is 15.5 Å². The molecule has 3 fully saturated rings. The molecule has 2 saturated heterocycles. The van der Waals surface area contributed by atoms with Crippen LogP contribution in [-0.2, 0) is 4.74 Å². The van der Waals surface area contributed by atoms with E-state index in [2.05, 4.69) is 27.7 Å². The van der Waals surface area contributed by atoms with Gasteiger partial charge in [0.25, 0.3) is 5.91 Å². The van der Waals surface area contributed by atoms with Crippen molar-refractivity contribution in [3.05, 3.63) is 35.4 Å². The number of nitrogens with one attached hydrogen (secondary N) is 2. The number of amides is 1. The standard InChI is InChI=1S/C22H33N3O2/c26-21(19-7-5-18(6-8-19)20-4-3-11-23-16-20)24-22(9-1-2-10-22)17-25-12-14-27-15-13-25/h5-8,20,23H,1-4,9-17H2,(H,24,26)/t20-/m1/s1. The first kappa shape index (κ1) is 18.9. The predicted molar refractivity (Wildman–Crippen MR) is 107 cm³/mol. The van der Waals surface area contributed by atoms with Crippen LogP contribution >= 0.6 is 0 Å². The van der Waals surface area contributed by atoms with Crippen LogP contribution in [0.15, 0.2) is 24.3 Å². The molecule has 1 aromatic carbocycles. The molecule has 1 aliphatic carbocycles. The van der Waals surface area contributed by atoms with Gasteiger partial charge in [-0.05, 0) is 55.8 Å². The summed E-state index contributed by atoms with van der Waals surface area (Å²) < 4.78 is 5.48. The van der Waals surface area contributed by atoms with E-state index in [0.29, 0.717) is 5.92 Å². The number of ether oxygens (including phenoxy) is 1. The average molecular weight is 372 g/mol. The first-order valence-corrected chi connectivity index (χ1v) is 10.7. The van der Waals surface area contributed by atoms with Gasteiger partial charge in [-0.3, -0.25) is 9.69 Å². The molecule has 0 spiro atoms. The Morgan fingerprint density at radius 1 is 1.15 bits per heavy atom. The van der Waals surface area contributed by atoms with Crippen molar-refractivity contribution in [1.29, 1.82) is 0 Å². The summed E-state index contributed by atoms with van der Waals surface area (Å²) in [6.45, 7) is 6.69. The third-order valence-electron chi connectivity index (χ3n) is 6.51.